The third-order valence-electron chi connectivity index (χ3n) is 2.01. The van der Waals surface area contributed by atoms with Gasteiger partial charge in [-0.1, -0.05) is 58.9 Å². The van der Waals surface area contributed by atoms with Crippen LogP contribution in [0.4, 0.5) is 0 Å². The number of hydrogen-bond donors (Lipinski definition) is 0. The average molecular weight is 234 g/mol. The maximum atomic E-state index is 2.98. The van der Waals surface area contributed by atoms with Gasteiger partial charge in [0.05, 0.1) is 0 Å². The Labute approximate surface area is 87.8 Å². The van der Waals surface area contributed by atoms with Crippen LogP contribution in [-0.4, -0.2) is 28.6 Å². The Balaban J connectivity index is 5.02. The average Bonchev–Trinajstić information content (AvgIpc) is 1.44. The molecule has 0 saturated heterocycles. The van der Waals surface area contributed by atoms with Crippen LogP contribution in [-0.2, 0) is 0 Å². The minimum Gasteiger partial charge on any atom is -0.369 e. The summed E-state index contributed by atoms with van der Waals surface area (Å²) in [5.41, 5.74) is 0. The lowest BCUT2D eigenvalue weighted by molar-refractivity contribution is 0.900. The molecular formula is C9H27NSi3. The first-order valence-electron chi connectivity index (χ1n) is 5.17. The molecule has 1 nitrogen and oxygen atoms in total. The van der Waals surface area contributed by atoms with Gasteiger partial charge in [0.2, 0.25) is 0 Å². The van der Waals surface area contributed by atoms with Gasteiger partial charge in [-0.3, -0.25) is 0 Å². The predicted octanol–water partition coefficient (Wildman–Crippen LogP) is 3.79. The van der Waals surface area contributed by atoms with Gasteiger partial charge in [-0.05, 0) is 0 Å². The highest BCUT2D eigenvalue weighted by atomic mass is 28.5. The van der Waals surface area contributed by atoms with E-state index in [-0.39, 0.29) is 0 Å². The Morgan fingerprint density at radius 3 is 0.615 bits per heavy atom. The maximum Gasteiger partial charge on any atom is 0.105 e. The SMILES string of the molecule is C[Si](C)(C)N([Si](C)(C)C)[Si](C)(C)C. The summed E-state index contributed by atoms with van der Waals surface area (Å²) in [6, 6.07) is 0. The van der Waals surface area contributed by atoms with Gasteiger partial charge < -0.3 is 3.90 Å². The Hall–Kier alpha value is 0.611. The van der Waals surface area contributed by atoms with E-state index in [1.165, 1.54) is 0 Å². The molecule has 0 aromatic carbocycles. The number of nitrogens with zero attached hydrogens (tertiary/aromatic N) is 1. The lowest BCUT2D eigenvalue weighted by Gasteiger charge is -2.51. The topological polar surface area (TPSA) is 3.24 Å². The molecule has 0 radical (unpaired) electrons. The summed E-state index contributed by atoms with van der Waals surface area (Å²) in [5.74, 6) is 0. The van der Waals surface area contributed by atoms with E-state index in [1.54, 1.807) is 0 Å². The van der Waals surface area contributed by atoms with Gasteiger partial charge in [-0.2, -0.15) is 0 Å². The fourth-order valence-electron chi connectivity index (χ4n) is 3.02. The molecule has 0 unspecified atom stereocenters. The molecule has 13 heavy (non-hydrogen) atoms. The van der Waals surface area contributed by atoms with Crippen LogP contribution in [0.5, 0.6) is 0 Å². The van der Waals surface area contributed by atoms with E-state index in [2.05, 4.69) is 62.8 Å². The van der Waals surface area contributed by atoms with Crippen LogP contribution < -0.4 is 0 Å². The Morgan fingerprint density at radius 2 is 0.615 bits per heavy atom. The Kier molecular flexibility index (Phi) is 3.81. The third-order valence-corrected chi connectivity index (χ3v) is 18.1. The zero-order valence-corrected chi connectivity index (χ0v) is 13.9. The summed E-state index contributed by atoms with van der Waals surface area (Å²) in [5, 5.41) is 0. The molecule has 0 heterocycles. The molecule has 0 aliphatic carbocycles. The van der Waals surface area contributed by atoms with Gasteiger partial charge in [0.1, 0.15) is 24.7 Å². The van der Waals surface area contributed by atoms with E-state index < -0.39 is 24.7 Å². The monoisotopic (exact) mass is 233 g/mol. The second-order valence-electron chi connectivity index (χ2n) is 6.85. The molecule has 0 aromatic rings. The minimum atomic E-state index is -1.10. The highest BCUT2D eigenvalue weighted by molar-refractivity contribution is 7.03. The van der Waals surface area contributed by atoms with Crippen molar-refractivity contribution in [3.63, 3.8) is 0 Å². The fraction of sp³-hybridized carbons (Fsp3) is 1.00. The normalized spacial score (nSPS) is 15.2. The van der Waals surface area contributed by atoms with E-state index in [0.29, 0.717) is 0 Å². The van der Waals surface area contributed by atoms with Crippen molar-refractivity contribution in [2.75, 3.05) is 0 Å². The van der Waals surface area contributed by atoms with Crippen molar-refractivity contribution in [3.8, 4) is 0 Å². The standard InChI is InChI=1S/C9H27NSi3/c1-11(2,3)10(12(4,5)6)13(7,8)9/h1-9H3. The maximum absolute atomic E-state index is 2.98. The summed E-state index contributed by atoms with van der Waals surface area (Å²) >= 11 is 0. The van der Waals surface area contributed by atoms with Crippen LogP contribution in [0, 0.1) is 0 Å². The highest BCUT2D eigenvalue weighted by Gasteiger charge is 2.41. The van der Waals surface area contributed by atoms with Crippen molar-refractivity contribution >= 4 is 24.7 Å². The van der Waals surface area contributed by atoms with Crippen LogP contribution in [0.25, 0.3) is 0 Å². The molecule has 0 aliphatic heterocycles. The van der Waals surface area contributed by atoms with Crippen molar-refractivity contribution in [1.82, 2.24) is 3.90 Å². The number of rotatable bonds is 3. The molecule has 0 atom stereocenters. The summed E-state index contributed by atoms with van der Waals surface area (Å²) < 4.78 is 2.98. The number of hydrogen-bond acceptors (Lipinski definition) is 1. The smallest absolute Gasteiger partial charge is 0.105 e. The van der Waals surface area contributed by atoms with Crippen molar-refractivity contribution in [3.05, 3.63) is 0 Å². The van der Waals surface area contributed by atoms with E-state index in [9.17, 15) is 0 Å². The van der Waals surface area contributed by atoms with Crippen LogP contribution in [0.15, 0.2) is 0 Å². The van der Waals surface area contributed by atoms with Crippen LogP contribution >= 0.6 is 0 Å². The van der Waals surface area contributed by atoms with E-state index in [1.807, 2.05) is 0 Å². The van der Waals surface area contributed by atoms with Crippen LogP contribution in [0.3, 0.4) is 0 Å². The molecule has 80 valence electrons. The molecule has 4 heteroatoms. The molecule has 0 aromatic heterocycles. The van der Waals surface area contributed by atoms with Crippen molar-refractivity contribution in [1.29, 1.82) is 0 Å². The molecule has 0 rings (SSSR count). The molecular weight excluding hydrogens is 206 g/mol. The van der Waals surface area contributed by atoms with E-state index in [4.69, 9.17) is 0 Å². The fourth-order valence-corrected chi connectivity index (χ4v) is 27.2. The first-order chi connectivity index (χ1) is 5.37. The van der Waals surface area contributed by atoms with Crippen LogP contribution in [0.1, 0.15) is 0 Å². The molecule has 0 bridgehead atoms. The molecule has 0 N–H and O–H groups in total. The minimum absolute atomic E-state index is 1.10. The molecule has 0 spiro atoms. The summed E-state index contributed by atoms with van der Waals surface area (Å²) in [4.78, 5) is 0. The Bertz CT molecular complexity index is 137. The van der Waals surface area contributed by atoms with Crippen molar-refractivity contribution < 1.29 is 0 Å². The molecule has 0 amide bonds. The van der Waals surface area contributed by atoms with Crippen molar-refractivity contribution in [2.24, 2.45) is 0 Å². The second kappa shape index (κ2) is 3.64. The third kappa shape index (κ3) is 4.10. The lowest BCUT2D eigenvalue weighted by Crippen LogP contribution is -2.68. The van der Waals surface area contributed by atoms with E-state index in [0.717, 1.165) is 0 Å². The predicted molar refractivity (Wildman–Crippen MR) is 71.9 cm³/mol. The summed E-state index contributed by atoms with van der Waals surface area (Å²) in [6.07, 6.45) is 0. The second-order valence-corrected chi connectivity index (χ2v) is 22.6. The van der Waals surface area contributed by atoms with Gasteiger partial charge in [0, 0.05) is 0 Å². The van der Waals surface area contributed by atoms with Gasteiger partial charge in [-0.25, -0.2) is 0 Å². The zero-order valence-electron chi connectivity index (χ0n) is 10.9. The summed E-state index contributed by atoms with van der Waals surface area (Å²) in [6.45, 7) is 22.4. The zero-order chi connectivity index (χ0) is 11.1. The Morgan fingerprint density at radius 1 is 0.462 bits per heavy atom. The molecule has 0 aliphatic rings. The van der Waals surface area contributed by atoms with Gasteiger partial charge in [0.25, 0.3) is 0 Å². The van der Waals surface area contributed by atoms with Gasteiger partial charge >= 0.3 is 0 Å². The first-order valence-corrected chi connectivity index (χ1v) is 15.5. The molecule has 0 fully saturated rings. The van der Waals surface area contributed by atoms with Gasteiger partial charge in [-0.15, -0.1) is 0 Å². The van der Waals surface area contributed by atoms with Crippen LogP contribution in [0.2, 0.25) is 58.9 Å². The summed E-state index contributed by atoms with van der Waals surface area (Å²) in [7, 11) is -3.30. The van der Waals surface area contributed by atoms with Crippen molar-refractivity contribution in [2.45, 2.75) is 58.9 Å². The highest BCUT2D eigenvalue weighted by Crippen LogP contribution is 2.26. The molecule has 0 saturated carbocycles. The van der Waals surface area contributed by atoms with E-state index >= 15 is 0 Å². The quantitative estimate of drug-likeness (QED) is 0.671. The van der Waals surface area contributed by atoms with Gasteiger partial charge in [0.15, 0.2) is 0 Å². The first kappa shape index (κ1) is 13.6. The largest absolute Gasteiger partial charge is 0.369 e. The lowest BCUT2D eigenvalue weighted by atomic mass is 11.8.